The number of H-pyrrole nitrogens is 2. The lowest BCUT2D eigenvalue weighted by Crippen LogP contribution is -2.53. The highest BCUT2D eigenvalue weighted by Crippen LogP contribution is 2.42. The summed E-state index contributed by atoms with van der Waals surface area (Å²) in [5, 5.41) is 12.7. The van der Waals surface area contributed by atoms with Gasteiger partial charge in [-0.25, -0.2) is 29.9 Å². The number of rotatable bonds is 16. The minimum Gasteiger partial charge on any atom is -0.433 e. The van der Waals surface area contributed by atoms with Crippen LogP contribution in [-0.2, 0) is 44.5 Å². The second-order valence-corrected chi connectivity index (χ2v) is 35.9. The Bertz CT molecular complexity index is 5610. The summed E-state index contributed by atoms with van der Waals surface area (Å²) in [5.74, 6) is 2.26. The molecule has 2 aliphatic heterocycles. The number of benzene rings is 14. The first kappa shape index (κ1) is 63.2. The molecule has 0 fully saturated rings. The molecule has 2 aliphatic rings. The molecule has 0 atom stereocenters. The average molecular weight is 1380 g/mol. The van der Waals surface area contributed by atoms with Gasteiger partial charge in [0.05, 0.1) is 0 Å². The summed E-state index contributed by atoms with van der Waals surface area (Å²) in [6.45, 7) is 0. The third kappa shape index (κ3) is 13.2. The van der Waals surface area contributed by atoms with Crippen molar-refractivity contribution in [2.24, 2.45) is 0 Å². The Morgan fingerprint density at radius 3 is 0.650 bits per heavy atom. The molecular formula is C90H68N8O2Si3. The molecule has 0 unspecified atom stereocenters. The van der Waals surface area contributed by atoms with E-state index in [4.69, 9.17) is 38.1 Å². The molecule has 5 heterocycles. The lowest BCUT2D eigenvalue weighted by atomic mass is 10.0. The van der Waals surface area contributed by atoms with Crippen molar-refractivity contribution in [3.63, 3.8) is 0 Å². The first-order chi connectivity index (χ1) is 50.8. The van der Waals surface area contributed by atoms with Gasteiger partial charge in [-0.05, 0) is 161 Å². The molecule has 0 spiro atoms. The van der Waals surface area contributed by atoms with Gasteiger partial charge in [0.1, 0.15) is 22.6 Å². The fraction of sp³-hybridized carbons (Fsp3) is 0.0667. The van der Waals surface area contributed by atoms with Gasteiger partial charge in [0.15, 0.2) is 39.9 Å². The third-order valence-corrected chi connectivity index (χ3v) is 30.5. The molecular weight excluding hydrogens is 1310 g/mol. The maximum absolute atomic E-state index is 7.39. The monoisotopic (exact) mass is 1380 g/mol. The topological polar surface area (TPSA) is 127 Å². The molecule has 103 heavy (non-hydrogen) atoms. The zero-order valence-electron chi connectivity index (χ0n) is 56.4. The van der Waals surface area contributed by atoms with Crippen LogP contribution in [-0.4, -0.2) is 66.5 Å². The normalized spacial score (nSPS) is 12.0. The van der Waals surface area contributed by atoms with Crippen LogP contribution < -0.4 is 0 Å². The van der Waals surface area contributed by atoms with Crippen molar-refractivity contribution in [3.05, 3.63) is 361 Å². The van der Waals surface area contributed by atoms with E-state index in [1.54, 1.807) is 0 Å². The van der Waals surface area contributed by atoms with E-state index in [2.05, 4.69) is 338 Å². The first-order valence-corrected chi connectivity index (χ1v) is 41.0. The van der Waals surface area contributed by atoms with Crippen LogP contribution in [0.5, 0.6) is 0 Å². The molecule has 17 aromatic rings. The van der Waals surface area contributed by atoms with Gasteiger partial charge in [0, 0.05) is 43.8 Å². The smallest absolute Gasteiger partial charge is 0.410 e. The van der Waals surface area contributed by atoms with Crippen LogP contribution in [0, 0.1) is 0 Å². The molecule has 3 aromatic heterocycles. The number of fused-ring (bicyclic) bond motifs is 24. The molecule has 0 saturated heterocycles. The molecule has 13 heteroatoms. The quantitative estimate of drug-likeness (QED) is 0.0916. The average Bonchev–Trinajstić information content (AvgIpc) is 1.59. The SMILES string of the molecule is c1ccc(C[Si](Cc2ccccc2)(Cc2ccccc2)O[Si]O[Si](Cc2ccccc2)(Cc2ccccc2)Cc2ccccc2)cc1.c1ccc2cc3c(cc2c1)-c1nc2nc(nc4[nH]c(nc5[nH]c(nc-3n1)c1cc3ccccc3cc51)c1cc3ccccc3cc41)-c1cc3ccccc3cc1-2. The fourth-order valence-electron chi connectivity index (χ4n) is 15.1. The molecule has 0 amide bonds. The highest BCUT2D eigenvalue weighted by Gasteiger charge is 2.41. The largest absolute Gasteiger partial charge is 0.433 e. The van der Waals surface area contributed by atoms with E-state index in [1.807, 2.05) is 0 Å². The van der Waals surface area contributed by atoms with Crippen LogP contribution in [0.3, 0.4) is 0 Å². The Balaban J connectivity index is 0.000000150. The summed E-state index contributed by atoms with van der Waals surface area (Å²) in [5.41, 5.74) is 14.3. The molecule has 2 N–H and O–H groups in total. The molecule has 2 radical (unpaired) electrons. The number of hydrogen-bond donors (Lipinski definition) is 2. The summed E-state index contributed by atoms with van der Waals surface area (Å²) in [4.78, 5) is 38.8. The summed E-state index contributed by atoms with van der Waals surface area (Å²) >= 11 is 0. The van der Waals surface area contributed by atoms with Crippen molar-refractivity contribution in [1.29, 1.82) is 0 Å². The van der Waals surface area contributed by atoms with Crippen molar-refractivity contribution in [2.75, 3.05) is 0 Å². The van der Waals surface area contributed by atoms with Crippen LogP contribution in [0.25, 0.3) is 133 Å². The van der Waals surface area contributed by atoms with E-state index in [1.165, 1.54) is 33.4 Å². The third-order valence-electron chi connectivity index (χ3n) is 20.0. The lowest BCUT2D eigenvalue weighted by molar-refractivity contribution is 0.428. The maximum atomic E-state index is 7.39. The van der Waals surface area contributed by atoms with E-state index >= 15 is 0 Å². The number of nitrogens with zero attached hydrogens (tertiary/aromatic N) is 6. The molecule has 10 nitrogen and oxygen atoms in total. The number of aromatic nitrogens is 8. The fourth-order valence-corrected chi connectivity index (χ4v) is 25.5. The molecule has 14 aromatic carbocycles. The van der Waals surface area contributed by atoms with E-state index in [0.29, 0.717) is 45.9 Å². The summed E-state index contributed by atoms with van der Waals surface area (Å²) < 4.78 is 14.8. The second-order valence-electron chi connectivity index (χ2n) is 27.2. The van der Waals surface area contributed by atoms with Gasteiger partial charge < -0.3 is 18.2 Å². The Hall–Kier alpha value is -11.9. The maximum Gasteiger partial charge on any atom is 0.410 e. The van der Waals surface area contributed by atoms with Gasteiger partial charge in [-0.15, -0.1) is 0 Å². The predicted molar refractivity (Wildman–Crippen MR) is 426 cm³/mol. The van der Waals surface area contributed by atoms with Gasteiger partial charge in [0.25, 0.3) is 0 Å². The Kier molecular flexibility index (Phi) is 16.9. The van der Waals surface area contributed by atoms with E-state index in [-0.39, 0.29) is 10.0 Å². The van der Waals surface area contributed by atoms with Crippen LogP contribution in [0.2, 0.25) is 0 Å². The van der Waals surface area contributed by atoms with Crippen LogP contribution in [0.15, 0.2) is 328 Å². The van der Waals surface area contributed by atoms with Gasteiger partial charge >= 0.3 is 10.0 Å². The summed E-state index contributed by atoms with van der Waals surface area (Å²) in [7, 11) is -5.00. The molecule has 0 aliphatic carbocycles. The second kappa shape index (κ2) is 27.5. The van der Waals surface area contributed by atoms with Crippen molar-refractivity contribution >= 4 is 114 Å². The van der Waals surface area contributed by atoms with Gasteiger partial charge in [-0.3, -0.25) is 0 Å². The minimum absolute atomic E-state index is 0.0313. The van der Waals surface area contributed by atoms with Crippen LogP contribution in [0.4, 0.5) is 0 Å². The standard InChI is InChI=1S/C48H26N8.C42H42O2Si3/c1-2-10-26-18-34-33(17-25(26)9-1)41-49-42(34)54-44-37-21-29-13-5-6-14-30(29)22-38(37)46(51-44)56-48-40-24-32-16-8-7-15-31(32)23-39(40)47(52-48)55-45-36-20-28-12-4-3-11-27(28)19-35(36)43(50-45)53-41;1-7-19-37(20-8-1)31-46(32-38-21-9-2-10-22-38,33-39-23-11-3-12-24-39)43-45-44-47(34-40-25-13-4-14-26-40,35-41-27-15-5-16-28-41)36-42-29-17-6-18-30-42/h1-24H,(H2,49,50,51,52,53,54,55,56);1-30H,31-36H2. The Morgan fingerprint density at radius 2 is 0.417 bits per heavy atom. The first-order valence-electron chi connectivity index (χ1n) is 35.1. The number of hydrogen-bond acceptors (Lipinski definition) is 8. The van der Waals surface area contributed by atoms with E-state index in [0.717, 1.165) is 123 Å². The van der Waals surface area contributed by atoms with Gasteiger partial charge in [-0.2, -0.15) is 0 Å². The van der Waals surface area contributed by atoms with Crippen LogP contribution >= 0.6 is 0 Å². The minimum atomic E-state index is -2.48. The summed E-state index contributed by atoms with van der Waals surface area (Å²) in [6.07, 6.45) is 0. The highest BCUT2D eigenvalue weighted by molar-refractivity contribution is 6.79. The zero-order valence-corrected chi connectivity index (χ0v) is 59.4. The molecule has 0 saturated carbocycles. The van der Waals surface area contributed by atoms with Gasteiger partial charge in [0.2, 0.25) is 0 Å². The number of nitrogens with one attached hydrogen (secondary N) is 2. The number of aromatic amines is 2. The predicted octanol–water partition coefficient (Wildman–Crippen LogP) is 20.6. The van der Waals surface area contributed by atoms with Crippen molar-refractivity contribution in [3.8, 4) is 45.6 Å². The zero-order chi connectivity index (χ0) is 68.5. The van der Waals surface area contributed by atoms with E-state index < -0.39 is 16.6 Å². The van der Waals surface area contributed by atoms with Crippen molar-refractivity contribution in [1.82, 2.24) is 39.9 Å². The van der Waals surface area contributed by atoms with Gasteiger partial charge in [-0.1, -0.05) is 279 Å². The molecule has 492 valence electrons. The van der Waals surface area contributed by atoms with E-state index in [9.17, 15) is 0 Å². The Labute approximate surface area is 600 Å². The molecule has 19 rings (SSSR count). The molecule has 8 bridgehead atoms. The lowest BCUT2D eigenvalue weighted by Gasteiger charge is -2.36. The van der Waals surface area contributed by atoms with Crippen molar-refractivity contribution < 1.29 is 8.23 Å². The summed E-state index contributed by atoms with van der Waals surface area (Å²) in [6, 6.07) is 122. The van der Waals surface area contributed by atoms with Crippen molar-refractivity contribution in [2.45, 2.75) is 36.3 Å². The van der Waals surface area contributed by atoms with Crippen LogP contribution in [0.1, 0.15) is 33.4 Å². The highest BCUT2D eigenvalue weighted by atomic mass is 28.4. The Morgan fingerprint density at radius 1 is 0.223 bits per heavy atom.